The van der Waals surface area contributed by atoms with Crippen molar-refractivity contribution in [3.63, 3.8) is 0 Å². The molecule has 29 heavy (non-hydrogen) atoms. The van der Waals surface area contributed by atoms with Gasteiger partial charge in [0.25, 0.3) is 10.0 Å². The molecule has 3 aromatic rings. The third kappa shape index (κ3) is 5.28. The molecular formula is C21H19ClN2O4S. The molecule has 3 aromatic carbocycles. The number of para-hydroxylation sites is 1. The Kier molecular flexibility index (Phi) is 6.74. The van der Waals surface area contributed by atoms with E-state index in [1.54, 1.807) is 42.5 Å². The van der Waals surface area contributed by atoms with Gasteiger partial charge >= 0.3 is 0 Å². The standard InChI is InChI=1S/C21H19ClN2O4S/c1-27-20-13-7-9-16(21(20)28-15-17-8-5-6-12-19(17)22)14-23-24-29(25,26)18-10-3-2-4-11-18/h2-14,24H,15H2,1H3/b23-14-. The number of halogens is 1. The van der Waals surface area contributed by atoms with Crippen LogP contribution in [0.1, 0.15) is 11.1 Å². The molecule has 0 aliphatic heterocycles. The molecule has 3 rings (SSSR count). The number of hydrazone groups is 1. The summed E-state index contributed by atoms with van der Waals surface area (Å²) < 4.78 is 35.8. The molecule has 0 spiro atoms. The maximum absolute atomic E-state index is 12.3. The highest BCUT2D eigenvalue weighted by atomic mass is 35.5. The molecule has 0 heterocycles. The third-order valence-electron chi connectivity index (χ3n) is 3.99. The van der Waals surface area contributed by atoms with Gasteiger partial charge in [0, 0.05) is 16.1 Å². The van der Waals surface area contributed by atoms with E-state index in [1.165, 1.54) is 25.5 Å². The van der Waals surface area contributed by atoms with Crippen LogP contribution in [-0.4, -0.2) is 21.7 Å². The number of ether oxygens (including phenoxy) is 2. The zero-order valence-corrected chi connectivity index (χ0v) is 17.2. The van der Waals surface area contributed by atoms with Crippen molar-refractivity contribution in [1.82, 2.24) is 4.83 Å². The first-order valence-corrected chi connectivity index (χ1v) is 10.5. The zero-order chi connectivity index (χ0) is 20.7. The molecular weight excluding hydrogens is 412 g/mol. The van der Waals surface area contributed by atoms with E-state index in [0.717, 1.165) is 5.56 Å². The third-order valence-corrected chi connectivity index (χ3v) is 5.60. The first-order valence-electron chi connectivity index (χ1n) is 8.64. The quantitative estimate of drug-likeness (QED) is 0.428. The molecule has 0 radical (unpaired) electrons. The summed E-state index contributed by atoms with van der Waals surface area (Å²) in [6, 6.07) is 20.6. The number of benzene rings is 3. The zero-order valence-electron chi connectivity index (χ0n) is 15.6. The fourth-order valence-corrected chi connectivity index (χ4v) is 3.54. The molecule has 0 saturated carbocycles. The van der Waals surface area contributed by atoms with Gasteiger partial charge in [0.2, 0.25) is 0 Å². The second-order valence-corrected chi connectivity index (χ2v) is 7.99. The van der Waals surface area contributed by atoms with Crippen LogP contribution in [0.25, 0.3) is 0 Å². The van der Waals surface area contributed by atoms with Gasteiger partial charge in [-0.25, -0.2) is 4.83 Å². The Morgan fingerprint density at radius 1 is 1.00 bits per heavy atom. The van der Waals surface area contributed by atoms with Crippen LogP contribution in [0.2, 0.25) is 5.02 Å². The summed E-state index contributed by atoms with van der Waals surface area (Å²) in [7, 11) is -2.23. The summed E-state index contributed by atoms with van der Waals surface area (Å²) in [5, 5.41) is 4.46. The number of sulfonamides is 1. The highest BCUT2D eigenvalue weighted by molar-refractivity contribution is 7.89. The smallest absolute Gasteiger partial charge is 0.276 e. The van der Waals surface area contributed by atoms with Gasteiger partial charge in [0.05, 0.1) is 18.2 Å². The molecule has 8 heteroatoms. The minimum Gasteiger partial charge on any atom is -0.493 e. The van der Waals surface area contributed by atoms with Gasteiger partial charge in [-0.15, -0.1) is 0 Å². The normalized spacial score (nSPS) is 11.4. The van der Waals surface area contributed by atoms with Crippen molar-refractivity contribution >= 4 is 27.8 Å². The molecule has 0 unspecified atom stereocenters. The van der Waals surface area contributed by atoms with Crippen LogP contribution < -0.4 is 14.3 Å². The minimum absolute atomic E-state index is 0.123. The van der Waals surface area contributed by atoms with Crippen LogP contribution in [0.3, 0.4) is 0 Å². The van der Waals surface area contributed by atoms with Gasteiger partial charge in [0.1, 0.15) is 6.61 Å². The molecule has 0 bridgehead atoms. The van der Waals surface area contributed by atoms with E-state index in [1.807, 2.05) is 18.2 Å². The summed E-state index contributed by atoms with van der Waals surface area (Å²) in [6.07, 6.45) is 1.37. The highest BCUT2D eigenvalue weighted by Crippen LogP contribution is 2.31. The highest BCUT2D eigenvalue weighted by Gasteiger charge is 2.13. The number of rotatable bonds is 8. The first-order chi connectivity index (χ1) is 14.0. The molecule has 0 saturated heterocycles. The van der Waals surface area contributed by atoms with Gasteiger partial charge in [-0.2, -0.15) is 13.5 Å². The summed E-state index contributed by atoms with van der Waals surface area (Å²) in [4.78, 5) is 2.32. The molecule has 150 valence electrons. The molecule has 0 aliphatic carbocycles. The minimum atomic E-state index is -3.76. The number of hydrogen-bond donors (Lipinski definition) is 1. The number of methoxy groups -OCH3 is 1. The van der Waals surface area contributed by atoms with Crippen molar-refractivity contribution in [3.05, 3.63) is 88.9 Å². The lowest BCUT2D eigenvalue weighted by molar-refractivity contribution is 0.284. The molecule has 0 atom stereocenters. The fourth-order valence-electron chi connectivity index (χ4n) is 2.53. The van der Waals surface area contributed by atoms with Crippen molar-refractivity contribution in [2.24, 2.45) is 5.10 Å². The lowest BCUT2D eigenvalue weighted by Gasteiger charge is -2.14. The Morgan fingerprint density at radius 3 is 2.45 bits per heavy atom. The van der Waals surface area contributed by atoms with Gasteiger partial charge in [0.15, 0.2) is 11.5 Å². The van der Waals surface area contributed by atoms with E-state index in [2.05, 4.69) is 9.93 Å². The Hall–Kier alpha value is -3.03. The summed E-state index contributed by atoms with van der Waals surface area (Å²) >= 11 is 6.18. The van der Waals surface area contributed by atoms with Crippen molar-refractivity contribution in [2.75, 3.05) is 7.11 Å². The number of hydrogen-bond acceptors (Lipinski definition) is 5. The first kappa shape index (κ1) is 20.7. The summed E-state index contributed by atoms with van der Waals surface area (Å²) in [5.74, 6) is 0.921. The van der Waals surface area contributed by atoms with Crippen molar-refractivity contribution in [2.45, 2.75) is 11.5 Å². The van der Waals surface area contributed by atoms with Gasteiger partial charge in [-0.1, -0.05) is 54.1 Å². The second-order valence-electron chi connectivity index (χ2n) is 5.92. The van der Waals surface area contributed by atoms with Gasteiger partial charge in [-0.3, -0.25) is 0 Å². The van der Waals surface area contributed by atoms with Crippen LogP contribution in [0.15, 0.2) is 82.8 Å². The predicted octanol–water partition coefficient (Wildman–Crippen LogP) is 4.24. The average Bonchev–Trinajstić information content (AvgIpc) is 2.74. The maximum Gasteiger partial charge on any atom is 0.276 e. The van der Waals surface area contributed by atoms with E-state index in [9.17, 15) is 8.42 Å². The second kappa shape index (κ2) is 9.45. The van der Waals surface area contributed by atoms with Crippen LogP contribution in [-0.2, 0) is 16.6 Å². The summed E-state index contributed by atoms with van der Waals surface area (Å²) in [5.41, 5.74) is 1.36. The lowest BCUT2D eigenvalue weighted by atomic mass is 10.2. The molecule has 0 aromatic heterocycles. The molecule has 0 fully saturated rings. The van der Waals surface area contributed by atoms with Crippen molar-refractivity contribution in [3.8, 4) is 11.5 Å². The number of nitrogens with one attached hydrogen (secondary N) is 1. The van der Waals surface area contributed by atoms with E-state index in [0.29, 0.717) is 22.1 Å². The largest absolute Gasteiger partial charge is 0.493 e. The Bertz CT molecular complexity index is 1100. The van der Waals surface area contributed by atoms with Crippen LogP contribution in [0.4, 0.5) is 0 Å². The molecule has 0 aliphatic rings. The topological polar surface area (TPSA) is 77.0 Å². The maximum atomic E-state index is 12.3. The van der Waals surface area contributed by atoms with Crippen molar-refractivity contribution < 1.29 is 17.9 Å². The Balaban J connectivity index is 1.80. The van der Waals surface area contributed by atoms with E-state index >= 15 is 0 Å². The van der Waals surface area contributed by atoms with Gasteiger partial charge in [-0.05, 0) is 30.3 Å². The van der Waals surface area contributed by atoms with E-state index in [4.69, 9.17) is 21.1 Å². The van der Waals surface area contributed by atoms with Gasteiger partial charge < -0.3 is 9.47 Å². The Labute approximate surface area is 174 Å². The van der Waals surface area contributed by atoms with E-state index < -0.39 is 10.0 Å². The van der Waals surface area contributed by atoms with Crippen LogP contribution in [0, 0.1) is 0 Å². The van der Waals surface area contributed by atoms with Crippen molar-refractivity contribution in [1.29, 1.82) is 0 Å². The van der Waals surface area contributed by atoms with Crippen LogP contribution in [0.5, 0.6) is 11.5 Å². The number of nitrogens with zero attached hydrogens (tertiary/aromatic N) is 1. The predicted molar refractivity (Wildman–Crippen MR) is 113 cm³/mol. The lowest BCUT2D eigenvalue weighted by Crippen LogP contribution is -2.18. The fraction of sp³-hybridized carbons (Fsp3) is 0.0952. The molecule has 1 N–H and O–H groups in total. The monoisotopic (exact) mass is 430 g/mol. The molecule has 6 nitrogen and oxygen atoms in total. The molecule has 0 amide bonds. The summed E-state index contributed by atoms with van der Waals surface area (Å²) in [6.45, 7) is 0.219. The average molecular weight is 431 g/mol. The Morgan fingerprint density at radius 2 is 1.72 bits per heavy atom. The van der Waals surface area contributed by atoms with E-state index in [-0.39, 0.29) is 11.5 Å². The SMILES string of the molecule is COc1cccc(/C=N\NS(=O)(=O)c2ccccc2)c1OCc1ccccc1Cl. The van der Waals surface area contributed by atoms with Crippen LogP contribution >= 0.6 is 11.6 Å².